The maximum absolute atomic E-state index is 12.1. The molecule has 1 aromatic heterocycles. The van der Waals surface area contributed by atoms with Gasteiger partial charge in [0.25, 0.3) is 0 Å². The van der Waals surface area contributed by atoms with E-state index in [0.717, 1.165) is 5.69 Å². The summed E-state index contributed by atoms with van der Waals surface area (Å²) in [5.41, 5.74) is 6.93. The van der Waals surface area contributed by atoms with E-state index < -0.39 is 0 Å². The molecule has 1 fully saturated rings. The van der Waals surface area contributed by atoms with Crippen molar-refractivity contribution in [2.24, 2.45) is 11.1 Å². The first-order chi connectivity index (χ1) is 9.86. The van der Waals surface area contributed by atoms with Gasteiger partial charge in [0.2, 0.25) is 0 Å². The van der Waals surface area contributed by atoms with E-state index in [2.05, 4.69) is 30.6 Å². The van der Waals surface area contributed by atoms with Gasteiger partial charge in [0, 0.05) is 18.7 Å². The number of Topliss-reactive ketones (excluding diaryl/α,β-unsaturated/α-hetero) is 1. The van der Waals surface area contributed by atoms with Gasteiger partial charge in [0.05, 0.1) is 18.2 Å². The molecule has 1 unspecified atom stereocenters. The third-order valence-electron chi connectivity index (χ3n) is 4.55. The van der Waals surface area contributed by atoms with Crippen molar-refractivity contribution in [3.8, 4) is 0 Å². The fourth-order valence-corrected chi connectivity index (χ4v) is 2.85. The van der Waals surface area contributed by atoms with Crippen molar-refractivity contribution in [3.05, 3.63) is 18.0 Å². The largest absolute Gasteiger partial charge is 0.327 e. The van der Waals surface area contributed by atoms with Gasteiger partial charge in [-0.25, -0.2) is 0 Å². The van der Waals surface area contributed by atoms with Crippen LogP contribution in [0.5, 0.6) is 0 Å². The lowest BCUT2D eigenvalue weighted by molar-refractivity contribution is -0.119. The summed E-state index contributed by atoms with van der Waals surface area (Å²) in [5, 5.41) is 4.60. The predicted octanol–water partition coefficient (Wildman–Crippen LogP) is 3.26. The van der Waals surface area contributed by atoms with Crippen molar-refractivity contribution < 1.29 is 4.79 Å². The monoisotopic (exact) mass is 291 g/mol. The Hall–Kier alpha value is -1.16. The maximum Gasteiger partial charge on any atom is 0.140 e. The average Bonchev–Trinajstić information content (AvgIpc) is 2.87. The predicted molar refractivity (Wildman–Crippen MR) is 85.1 cm³/mol. The highest BCUT2D eigenvalue weighted by atomic mass is 16.1. The second-order valence-electron chi connectivity index (χ2n) is 7.47. The van der Waals surface area contributed by atoms with Crippen molar-refractivity contribution in [3.63, 3.8) is 0 Å². The highest BCUT2D eigenvalue weighted by molar-refractivity contribution is 5.81. The van der Waals surface area contributed by atoms with Crippen molar-refractivity contribution in [2.75, 3.05) is 0 Å². The normalized spacial score (nSPS) is 18.7. The molecule has 1 aliphatic carbocycles. The standard InChI is InChI=1S/C17H29N3O/c1-17(2,3)16(18)12-15(21)11-13-9-10-20(19-13)14-7-5-4-6-8-14/h9-10,14,16H,4-8,11-12,18H2,1-3H3. The number of carbonyl (C=O) groups excluding carboxylic acids is 1. The molecule has 1 heterocycles. The van der Waals surface area contributed by atoms with Gasteiger partial charge < -0.3 is 5.73 Å². The Bertz CT molecular complexity index is 467. The van der Waals surface area contributed by atoms with Gasteiger partial charge in [-0.2, -0.15) is 5.10 Å². The highest BCUT2D eigenvalue weighted by Gasteiger charge is 2.23. The molecule has 2 rings (SSSR count). The smallest absolute Gasteiger partial charge is 0.140 e. The van der Waals surface area contributed by atoms with E-state index in [1.54, 1.807) is 0 Å². The number of hydrogen-bond donors (Lipinski definition) is 1. The van der Waals surface area contributed by atoms with E-state index in [-0.39, 0.29) is 17.2 Å². The first-order valence-electron chi connectivity index (χ1n) is 8.17. The van der Waals surface area contributed by atoms with Crippen LogP contribution in [0, 0.1) is 5.41 Å². The second-order valence-corrected chi connectivity index (χ2v) is 7.47. The fraction of sp³-hybridized carbons (Fsp3) is 0.765. The minimum absolute atomic E-state index is 0.0306. The number of rotatable bonds is 5. The summed E-state index contributed by atoms with van der Waals surface area (Å²) < 4.78 is 2.06. The third kappa shape index (κ3) is 4.67. The lowest BCUT2D eigenvalue weighted by Crippen LogP contribution is -2.37. The summed E-state index contributed by atoms with van der Waals surface area (Å²) >= 11 is 0. The van der Waals surface area contributed by atoms with Crippen LogP contribution < -0.4 is 5.73 Å². The molecule has 0 radical (unpaired) electrons. The Morgan fingerprint density at radius 1 is 1.38 bits per heavy atom. The van der Waals surface area contributed by atoms with Crippen LogP contribution in [-0.2, 0) is 11.2 Å². The molecule has 0 saturated heterocycles. The van der Waals surface area contributed by atoms with Gasteiger partial charge in [0.1, 0.15) is 5.78 Å². The van der Waals surface area contributed by atoms with Crippen LogP contribution in [0.3, 0.4) is 0 Å². The Labute approximate surface area is 128 Å². The molecule has 1 aromatic rings. The van der Waals surface area contributed by atoms with Crippen LogP contribution in [-0.4, -0.2) is 21.6 Å². The summed E-state index contributed by atoms with van der Waals surface area (Å²) in [5.74, 6) is 0.186. The first kappa shape index (κ1) is 16.2. The van der Waals surface area contributed by atoms with Crippen LogP contribution in [0.15, 0.2) is 12.3 Å². The van der Waals surface area contributed by atoms with Crippen molar-refractivity contribution in [2.45, 2.75) is 77.8 Å². The quantitative estimate of drug-likeness (QED) is 0.905. The number of hydrogen-bond acceptors (Lipinski definition) is 3. The second kappa shape index (κ2) is 6.73. The van der Waals surface area contributed by atoms with Crippen molar-refractivity contribution >= 4 is 5.78 Å². The minimum Gasteiger partial charge on any atom is -0.327 e. The van der Waals surface area contributed by atoms with Crippen molar-refractivity contribution in [1.82, 2.24) is 9.78 Å². The molecular weight excluding hydrogens is 262 g/mol. The Morgan fingerprint density at radius 2 is 2.05 bits per heavy atom. The van der Waals surface area contributed by atoms with E-state index in [4.69, 9.17) is 5.73 Å². The number of aromatic nitrogens is 2. The Balaban J connectivity index is 1.88. The van der Waals surface area contributed by atoms with Gasteiger partial charge in [-0.1, -0.05) is 40.0 Å². The molecule has 118 valence electrons. The molecule has 1 atom stereocenters. The molecule has 0 amide bonds. The molecule has 1 saturated carbocycles. The zero-order valence-electron chi connectivity index (χ0n) is 13.6. The molecule has 4 heteroatoms. The molecular formula is C17H29N3O. The summed E-state index contributed by atoms with van der Waals surface area (Å²) in [6.45, 7) is 6.22. The first-order valence-corrected chi connectivity index (χ1v) is 8.17. The van der Waals surface area contributed by atoms with Crippen molar-refractivity contribution in [1.29, 1.82) is 0 Å². The summed E-state index contributed by atoms with van der Waals surface area (Å²) in [6.07, 6.45) is 9.21. The fourth-order valence-electron chi connectivity index (χ4n) is 2.85. The van der Waals surface area contributed by atoms with E-state index in [1.165, 1.54) is 32.1 Å². The summed E-state index contributed by atoms with van der Waals surface area (Å²) in [7, 11) is 0. The third-order valence-corrected chi connectivity index (χ3v) is 4.55. The zero-order chi connectivity index (χ0) is 15.5. The summed E-state index contributed by atoms with van der Waals surface area (Å²) in [4.78, 5) is 12.1. The Morgan fingerprint density at radius 3 is 2.67 bits per heavy atom. The van der Waals surface area contributed by atoms with E-state index in [9.17, 15) is 4.79 Å². The molecule has 0 spiro atoms. The topological polar surface area (TPSA) is 60.9 Å². The van der Waals surface area contributed by atoms with E-state index >= 15 is 0 Å². The van der Waals surface area contributed by atoms with E-state index in [0.29, 0.717) is 18.9 Å². The van der Waals surface area contributed by atoms with Crippen LogP contribution in [0.25, 0.3) is 0 Å². The summed E-state index contributed by atoms with van der Waals surface area (Å²) in [6, 6.07) is 2.42. The lowest BCUT2D eigenvalue weighted by Gasteiger charge is -2.26. The van der Waals surface area contributed by atoms with Crippen LogP contribution in [0.4, 0.5) is 0 Å². The van der Waals surface area contributed by atoms with Crippen LogP contribution in [0.1, 0.15) is 71.0 Å². The maximum atomic E-state index is 12.1. The molecule has 0 bridgehead atoms. The van der Waals surface area contributed by atoms with Gasteiger partial charge in [-0.05, 0) is 24.3 Å². The molecule has 0 aromatic carbocycles. The van der Waals surface area contributed by atoms with Gasteiger partial charge in [-0.3, -0.25) is 9.48 Å². The molecule has 2 N–H and O–H groups in total. The minimum atomic E-state index is -0.0922. The highest BCUT2D eigenvalue weighted by Crippen LogP contribution is 2.27. The molecule has 4 nitrogen and oxygen atoms in total. The number of carbonyl (C=O) groups is 1. The van der Waals surface area contributed by atoms with Gasteiger partial charge >= 0.3 is 0 Å². The van der Waals surface area contributed by atoms with Crippen LogP contribution >= 0.6 is 0 Å². The van der Waals surface area contributed by atoms with Crippen LogP contribution in [0.2, 0.25) is 0 Å². The molecule has 0 aliphatic heterocycles. The SMILES string of the molecule is CC(C)(C)C(N)CC(=O)Cc1ccn(C2CCCCC2)n1. The average molecular weight is 291 g/mol. The molecule has 21 heavy (non-hydrogen) atoms. The molecule has 1 aliphatic rings. The Kier molecular flexibility index (Phi) is 5.20. The van der Waals surface area contributed by atoms with Gasteiger partial charge in [-0.15, -0.1) is 0 Å². The zero-order valence-corrected chi connectivity index (χ0v) is 13.6. The number of nitrogens with two attached hydrogens (primary N) is 1. The number of ketones is 1. The lowest BCUT2D eigenvalue weighted by atomic mass is 9.84. The van der Waals surface area contributed by atoms with E-state index in [1.807, 2.05) is 12.3 Å². The number of nitrogens with zero attached hydrogens (tertiary/aromatic N) is 2. The van der Waals surface area contributed by atoms with Gasteiger partial charge in [0.15, 0.2) is 0 Å².